The number of benzene rings is 4. The van der Waals surface area contributed by atoms with Gasteiger partial charge in [0.05, 0.1) is 61.3 Å². The highest BCUT2D eigenvalue weighted by Crippen LogP contribution is 2.24. The number of ether oxygens (including phenoxy) is 2. The van der Waals surface area contributed by atoms with Gasteiger partial charge >= 0.3 is 11.9 Å². The number of alkyl halides is 1. The second-order valence-corrected chi connectivity index (χ2v) is 19.5. The van der Waals surface area contributed by atoms with E-state index in [-0.39, 0.29) is 42.9 Å². The first-order valence-electron chi connectivity index (χ1n) is 20.8. The van der Waals surface area contributed by atoms with E-state index in [9.17, 15) is 26.4 Å². The third-order valence-corrected chi connectivity index (χ3v) is 14.4. The molecule has 1 N–H and O–H groups in total. The molecule has 0 saturated carbocycles. The lowest BCUT2D eigenvalue weighted by Crippen LogP contribution is -2.35. The Morgan fingerprint density at radius 2 is 1.13 bits per heavy atom. The number of esters is 2. The first-order chi connectivity index (χ1) is 29.3. The minimum absolute atomic E-state index is 0. The summed E-state index contributed by atoms with van der Waals surface area (Å²) in [5, 5.41) is 3.32. The summed E-state index contributed by atoms with van der Waals surface area (Å²) in [6.07, 6.45) is 6.11. The van der Waals surface area contributed by atoms with Gasteiger partial charge in [-0.25, -0.2) is 26.4 Å². The third-order valence-electron chi connectivity index (χ3n) is 10.5. The lowest BCUT2D eigenvalue weighted by atomic mass is 10.1. The van der Waals surface area contributed by atoms with Gasteiger partial charge in [0.2, 0.25) is 20.0 Å². The molecule has 2 aliphatic heterocycles. The predicted molar refractivity (Wildman–Crippen MR) is 253 cm³/mol. The topological polar surface area (TPSA) is 143 Å². The number of hydrogen-bond acceptors (Lipinski definition) is 10. The largest absolute Gasteiger partial charge is 0.465 e. The van der Waals surface area contributed by atoms with E-state index in [0.29, 0.717) is 41.4 Å². The van der Waals surface area contributed by atoms with Crippen molar-refractivity contribution < 1.29 is 35.9 Å². The zero-order valence-corrected chi connectivity index (χ0v) is 39.4. The summed E-state index contributed by atoms with van der Waals surface area (Å²) in [6, 6.07) is 32.9. The summed E-state index contributed by atoms with van der Waals surface area (Å²) >= 11 is 5.65. The Kier molecular flexibility index (Phi) is 22.3. The normalized spacial score (nSPS) is 16.1. The van der Waals surface area contributed by atoms with Gasteiger partial charge in [0.25, 0.3) is 0 Å². The van der Waals surface area contributed by atoms with Crippen molar-refractivity contribution in [3.63, 3.8) is 0 Å². The van der Waals surface area contributed by atoms with E-state index in [4.69, 9.17) is 16.3 Å². The molecule has 16 heteroatoms. The molecule has 4 aromatic carbocycles. The van der Waals surface area contributed by atoms with Gasteiger partial charge in [-0.3, -0.25) is 8.61 Å². The van der Waals surface area contributed by atoms with Crippen LogP contribution < -0.4 is 13.9 Å². The van der Waals surface area contributed by atoms with E-state index in [1.54, 1.807) is 72.8 Å². The van der Waals surface area contributed by atoms with Gasteiger partial charge in [0.15, 0.2) is 0 Å². The molecule has 2 fully saturated rings. The molecule has 2 atom stereocenters. The van der Waals surface area contributed by atoms with E-state index in [2.05, 4.69) is 28.8 Å². The average molecular weight is 934 g/mol. The van der Waals surface area contributed by atoms with E-state index < -0.39 is 32.0 Å². The van der Waals surface area contributed by atoms with Crippen LogP contribution in [-0.4, -0.2) is 97.0 Å². The van der Waals surface area contributed by atoms with Crippen molar-refractivity contribution in [1.82, 2.24) is 10.2 Å². The second-order valence-electron chi connectivity index (χ2n) is 15.1. The van der Waals surface area contributed by atoms with E-state index in [1.807, 2.05) is 36.4 Å². The smallest absolute Gasteiger partial charge is 0.337 e. The number of carbonyl (C=O) groups excluding carboxylic acids is 2. The number of hydrogen-bond donors (Lipinski definition) is 1. The molecular formula is C46H62Cl2N4O8S2. The summed E-state index contributed by atoms with van der Waals surface area (Å²) < 4.78 is 64.1. The lowest BCUT2D eigenvalue weighted by molar-refractivity contribution is 0.0592. The van der Waals surface area contributed by atoms with E-state index >= 15 is 0 Å². The van der Waals surface area contributed by atoms with Crippen LogP contribution in [0.15, 0.2) is 109 Å². The van der Waals surface area contributed by atoms with Crippen LogP contribution in [-0.2, 0) is 42.6 Å². The Bertz CT molecular complexity index is 2140. The molecule has 2 saturated heterocycles. The van der Waals surface area contributed by atoms with Crippen LogP contribution in [0.4, 0.5) is 11.4 Å². The first kappa shape index (κ1) is 52.2. The molecule has 340 valence electrons. The maximum Gasteiger partial charge on any atom is 0.337 e. The molecule has 6 rings (SSSR count). The van der Waals surface area contributed by atoms with Gasteiger partial charge in [0, 0.05) is 18.0 Å². The maximum atomic E-state index is 13.2. The van der Waals surface area contributed by atoms with Crippen LogP contribution >= 0.6 is 24.0 Å². The van der Waals surface area contributed by atoms with Crippen molar-refractivity contribution >= 4 is 67.4 Å². The van der Waals surface area contributed by atoms with Crippen LogP contribution in [0.5, 0.6) is 0 Å². The number of nitrogens with zero attached hydrogens (tertiary/aromatic N) is 3. The van der Waals surface area contributed by atoms with Crippen LogP contribution in [0.25, 0.3) is 0 Å². The molecule has 2 aliphatic rings. The van der Waals surface area contributed by atoms with Crippen molar-refractivity contribution in [3.8, 4) is 0 Å². The van der Waals surface area contributed by atoms with Crippen molar-refractivity contribution in [2.45, 2.75) is 77.5 Å². The summed E-state index contributed by atoms with van der Waals surface area (Å²) in [5.74, 6) is -0.474. The maximum absolute atomic E-state index is 13.2. The standard InChI is InChI=1S/C23H30N2O4S.C18H20ClNO4S.C5H11N.ClH/c1-19-8-6-15-24(19)16-7-17-30(27,28)25(22-9-4-3-5-10-22)18-20-11-13-21(14-12-20)23(26)29-2;1-24-18(21)16-10-8-15(9-11-16)14-20(17-6-3-2-4-7-17)25(22,23)13-5-12-19;1-5-3-2-4-6-5;/h3-5,9-14,19H,6-8,15-18H2,1-2H3;2-4,6-11H,5,12-14H2,1H3;5-6H,2-4H2,1H3;1H/t19-;;5-;/m0.0./s1. The molecule has 4 aromatic rings. The van der Waals surface area contributed by atoms with Gasteiger partial charge < -0.3 is 19.7 Å². The number of nitrogens with one attached hydrogen (secondary N) is 1. The van der Waals surface area contributed by atoms with E-state index in [0.717, 1.165) is 30.3 Å². The van der Waals surface area contributed by atoms with Gasteiger partial charge in [-0.05, 0) is 132 Å². The fraction of sp³-hybridized carbons (Fsp3) is 0.435. The Morgan fingerprint density at radius 3 is 1.47 bits per heavy atom. The summed E-state index contributed by atoms with van der Waals surface area (Å²) in [4.78, 5) is 25.5. The molecule has 0 unspecified atom stereocenters. The predicted octanol–water partition coefficient (Wildman–Crippen LogP) is 8.30. The highest BCUT2D eigenvalue weighted by atomic mass is 35.5. The Balaban J connectivity index is 0.000000290. The van der Waals surface area contributed by atoms with Gasteiger partial charge in [-0.1, -0.05) is 60.7 Å². The highest BCUT2D eigenvalue weighted by Gasteiger charge is 2.26. The first-order valence-corrected chi connectivity index (χ1v) is 24.5. The van der Waals surface area contributed by atoms with Crippen molar-refractivity contribution in [3.05, 3.63) is 131 Å². The number of anilines is 2. The second kappa shape index (κ2) is 26.4. The van der Waals surface area contributed by atoms with Crippen molar-refractivity contribution in [2.75, 3.05) is 59.9 Å². The molecule has 2 heterocycles. The molecule has 62 heavy (non-hydrogen) atoms. The van der Waals surface area contributed by atoms with Crippen molar-refractivity contribution in [1.29, 1.82) is 0 Å². The Labute approximate surface area is 380 Å². The minimum Gasteiger partial charge on any atom is -0.465 e. The molecule has 12 nitrogen and oxygen atoms in total. The lowest BCUT2D eigenvalue weighted by Gasteiger charge is -2.26. The fourth-order valence-corrected chi connectivity index (χ4v) is 10.4. The monoisotopic (exact) mass is 932 g/mol. The van der Waals surface area contributed by atoms with Crippen LogP contribution in [0.2, 0.25) is 0 Å². The highest BCUT2D eigenvalue weighted by molar-refractivity contribution is 7.93. The fourth-order valence-electron chi connectivity index (χ4n) is 7.04. The number of para-hydroxylation sites is 2. The summed E-state index contributed by atoms with van der Waals surface area (Å²) in [5.41, 5.74) is 3.67. The molecule has 0 radical (unpaired) electrons. The minimum atomic E-state index is -3.51. The number of likely N-dealkylation sites (tertiary alicyclic amines) is 1. The van der Waals surface area contributed by atoms with Gasteiger partial charge in [-0.2, -0.15) is 0 Å². The molecular weight excluding hydrogens is 872 g/mol. The van der Waals surface area contributed by atoms with Gasteiger partial charge in [-0.15, -0.1) is 24.0 Å². The molecule has 0 bridgehead atoms. The molecule has 0 spiro atoms. The number of carbonyl (C=O) groups is 2. The third kappa shape index (κ3) is 16.5. The summed E-state index contributed by atoms with van der Waals surface area (Å²) in [7, 11) is -4.36. The van der Waals surface area contributed by atoms with Crippen molar-refractivity contribution in [2.24, 2.45) is 0 Å². The quantitative estimate of drug-likeness (QED) is 0.0812. The Morgan fingerprint density at radius 1 is 0.677 bits per heavy atom. The molecule has 0 aromatic heterocycles. The number of halogens is 2. The number of methoxy groups -OCH3 is 2. The average Bonchev–Trinajstić information content (AvgIpc) is 3.94. The zero-order valence-electron chi connectivity index (χ0n) is 36.2. The van der Waals surface area contributed by atoms with E-state index in [1.165, 1.54) is 55.1 Å². The molecule has 0 amide bonds. The van der Waals surface area contributed by atoms with Crippen LogP contribution in [0, 0.1) is 0 Å². The Hall–Kier alpha value is -4.18. The SMILES string of the molecule is COC(=O)c1ccc(CN(c2ccccc2)S(=O)(=O)CCCCl)cc1.COC(=O)c1ccc(CN(c2ccccc2)S(=O)(=O)CCCN2CCC[C@@H]2C)cc1.C[C@H]1CCCN1.Cl. The molecule has 0 aliphatic carbocycles. The summed E-state index contributed by atoms with van der Waals surface area (Å²) in [6.45, 7) is 7.92. The van der Waals surface area contributed by atoms with Crippen LogP contribution in [0.1, 0.15) is 84.2 Å². The number of rotatable bonds is 17. The number of sulfonamides is 2. The zero-order chi connectivity index (χ0) is 44.3. The van der Waals surface area contributed by atoms with Gasteiger partial charge in [0.1, 0.15) is 0 Å². The van der Waals surface area contributed by atoms with Crippen LogP contribution in [0.3, 0.4) is 0 Å².